The molecule has 1 unspecified atom stereocenters. The van der Waals surface area contributed by atoms with Gasteiger partial charge in [-0.3, -0.25) is 14.5 Å². The van der Waals surface area contributed by atoms with Crippen molar-refractivity contribution in [2.45, 2.75) is 51.0 Å². The fourth-order valence-corrected chi connectivity index (χ4v) is 4.81. The summed E-state index contributed by atoms with van der Waals surface area (Å²) in [6.07, 6.45) is 2.40. The highest BCUT2D eigenvalue weighted by Gasteiger charge is 2.42. The fourth-order valence-electron chi connectivity index (χ4n) is 4.62. The molecule has 2 aliphatic heterocycles. The number of hydrogen-bond acceptors (Lipinski definition) is 6. The average molecular weight is 478 g/mol. The predicted octanol–water partition coefficient (Wildman–Crippen LogP) is 4.36. The maximum Gasteiger partial charge on any atom is 0.403 e. The van der Waals surface area contributed by atoms with E-state index in [1.165, 1.54) is 11.8 Å². The van der Waals surface area contributed by atoms with Crippen molar-refractivity contribution in [1.82, 2.24) is 29.6 Å². The zero-order chi connectivity index (χ0) is 23.2. The Morgan fingerprint density at radius 3 is 2.58 bits per heavy atom. The van der Waals surface area contributed by atoms with Crippen LogP contribution in [-0.4, -0.2) is 54.9 Å². The van der Waals surface area contributed by atoms with Gasteiger partial charge in [0.05, 0.1) is 18.4 Å². The largest absolute Gasteiger partial charge is 0.403 e. The minimum Gasteiger partial charge on any atom is -0.355 e. The summed E-state index contributed by atoms with van der Waals surface area (Å²) in [5, 5.41) is 9.29. The Balaban J connectivity index is 1.47. The minimum absolute atomic E-state index is 0.0540. The summed E-state index contributed by atoms with van der Waals surface area (Å²) in [5.74, 6) is 2.27. The summed E-state index contributed by atoms with van der Waals surface area (Å²) in [7, 11) is 0. The molecule has 2 aliphatic rings. The number of benzene rings is 1. The van der Waals surface area contributed by atoms with Gasteiger partial charge in [-0.15, -0.1) is 10.2 Å². The van der Waals surface area contributed by atoms with E-state index in [2.05, 4.69) is 25.1 Å². The zero-order valence-corrected chi connectivity index (χ0v) is 18.8. The van der Waals surface area contributed by atoms with Crippen molar-refractivity contribution in [3.05, 3.63) is 59.0 Å². The molecule has 5 rings (SSSR count). The monoisotopic (exact) mass is 477 g/mol. The molecule has 1 atom stereocenters. The van der Waals surface area contributed by atoms with E-state index in [1.54, 1.807) is 30.7 Å². The number of aromatic nitrogens is 5. The Hall–Kier alpha value is -2.72. The van der Waals surface area contributed by atoms with E-state index in [-0.39, 0.29) is 19.0 Å². The molecule has 0 amide bonds. The lowest BCUT2D eigenvalue weighted by molar-refractivity contribution is -0.182. The molecular weight excluding hydrogens is 455 g/mol. The molecular formula is C22H23ClF3N7. The number of rotatable bonds is 3. The normalized spacial score (nSPS) is 18.5. The van der Waals surface area contributed by atoms with Crippen LogP contribution in [-0.2, 0) is 13.1 Å². The van der Waals surface area contributed by atoms with Crippen molar-refractivity contribution in [1.29, 1.82) is 0 Å². The molecule has 2 aromatic heterocycles. The van der Waals surface area contributed by atoms with Gasteiger partial charge in [-0.1, -0.05) is 11.6 Å². The zero-order valence-electron chi connectivity index (χ0n) is 18.0. The van der Waals surface area contributed by atoms with Gasteiger partial charge in [0.25, 0.3) is 0 Å². The molecule has 3 aromatic rings. The van der Waals surface area contributed by atoms with E-state index in [0.29, 0.717) is 10.8 Å². The lowest BCUT2D eigenvalue weighted by atomic mass is 9.95. The SMILES string of the molecule is CC(N1Cc2cc(Cl)ccc2-n2c(nnc2C2CCN(c3cnccn3)CC2)C1)C(F)(F)F. The van der Waals surface area contributed by atoms with Gasteiger partial charge in [0.15, 0.2) is 5.82 Å². The van der Waals surface area contributed by atoms with Crippen LogP contribution < -0.4 is 4.90 Å². The molecule has 1 fully saturated rings. The first-order valence-electron chi connectivity index (χ1n) is 10.9. The van der Waals surface area contributed by atoms with Gasteiger partial charge in [-0.05, 0) is 43.5 Å². The second-order valence-corrected chi connectivity index (χ2v) is 8.97. The fraction of sp³-hybridized carbons (Fsp3) is 0.455. The highest BCUT2D eigenvalue weighted by Crippen LogP contribution is 2.36. The van der Waals surface area contributed by atoms with Gasteiger partial charge in [0.2, 0.25) is 0 Å². The van der Waals surface area contributed by atoms with Crippen LogP contribution in [0.4, 0.5) is 19.0 Å². The molecule has 7 nitrogen and oxygen atoms in total. The molecule has 0 radical (unpaired) electrons. The van der Waals surface area contributed by atoms with Crippen LogP contribution in [0, 0.1) is 0 Å². The molecule has 174 valence electrons. The average Bonchev–Trinajstić information content (AvgIpc) is 3.14. The number of halogens is 4. The molecule has 0 saturated carbocycles. The topological polar surface area (TPSA) is 63.0 Å². The van der Waals surface area contributed by atoms with Crippen LogP contribution in [0.1, 0.15) is 42.9 Å². The number of anilines is 1. The first-order valence-corrected chi connectivity index (χ1v) is 11.2. The summed E-state index contributed by atoms with van der Waals surface area (Å²) in [4.78, 5) is 12.1. The molecule has 0 N–H and O–H groups in total. The second kappa shape index (κ2) is 8.57. The van der Waals surface area contributed by atoms with Crippen LogP contribution in [0.15, 0.2) is 36.8 Å². The van der Waals surface area contributed by atoms with Gasteiger partial charge in [-0.25, -0.2) is 4.98 Å². The number of fused-ring (bicyclic) bond motifs is 3. The van der Waals surface area contributed by atoms with Crippen LogP contribution >= 0.6 is 11.6 Å². The van der Waals surface area contributed by atoms with Crippen molar-refractivity contribution in [3.8, 4) is 5.69 Å². The van der Waals surface area contributed by atoms with Crippen LogP contribution in [0.3, 0.4) is 0 Å². The highest BCUT2D eigenvalue weighted by molar-refractivity contribution is 6.30. The van der Waals surface area contributed by atoms with E-state index < -0.39 is 12.2 Å². The Kier molecular flexibility index (Phi) is 5.74. The van der Waals surface area contributed by atoms with Crippen molar-refractivity contribution in [2.24, 2.45) is 0 Å². The lowest BCUT2D eigenvalue weighted by Gasteiger charge is -2.32. The first-order chi connectivity index (χ1) is 15.8. The Bertz CT molecular complexity index is 1130. The van der Waals surface area contributed by atoms with E-state index >= 15 is 0 Å². The van der Waals surface area contributed by atoms with Crippen molar-refractivity contribution in [3.63, 3.8) is 0 Å². The highest BCUT2D eigenvalue weighted by atomic mass is 35.5. The predicted molar refractivity (Wildman–Crippen MR) is 117 cm³/mol. The third kappa shape index (κ3) is 4.29. The molecule has 4 heterocycles. The summed E-state index contributed by atoms with van der Waals surface area (Å²) in [6, 6.07) is 3.73. The van der Waals surface area contributed by atoms with E-state index in [0.717, 1.165) is 48.8 Å². The van der Waals surface area contributed by atoms with Crippen LogP contribution in [0.2, 0.25) is 5.02 Å². The molecule has 33 heavy (non-hydrogen) atoms. The lowest BCUT2D eigenvalue weighted by Crippen LogP contribution is -2.42. The van der Waals surface area contributed by atoms with Gasteiger partial charge in [0, 0.05) is 43.0 Å². The standard InChI is InChI=1S/C22H23ClF3N7/c1-14(22(24,25)26)32-12-16-10-17(23)2-3-18(16)33-20(13-32)29-30-21(33)15-4-8-31(9-5-15)19-11-27-6-7-28-19/h2-3,6-7,10-11,14-15H,4-5,8-9,12-13H2,1H3. The van der Waals surface area contributed by atoms with Gasteiger partial charge in [-0.2, -0.15) is 13.2 Å². The maximum absolute atomic E-state index is 13.5. The van der Waals surface area contributed by atoms with Crippen molar-refractivity contribution >= 4 is 17.4 Å². The number of alkyl halides is 3. The minimum atomic E-state index is -4.34. The van der Waals surface area contributed by atoms with Crippen molar-refractivity contribution in [2.75, 3.05) is 18.0 Å². The second-order valence-electron chi connectivity index (χ2n) is 8.53. The van der Waals surface area contributed by atoms with E-state index in [1.807, 2.05) is 10.6 Å². The van der Waals surface area contributed by atoms with Gasteiger partial charge < -0.3 is 4.90 Å². The molecule has 1 saturated heterocycles. The molecule has 0 aliphatic carbocycles. The summed E-state index contributed by atoms with van der Waals surface area (Å²) in [6.45, 7) is 2.94. The smallest absolute Gasteiger partial charge is 0.355 e. The Morgan fingerprint density at radius 2 is 1.88 bits per heavy atom. The van der Waals surface area contributed by atoms with Gasteiger partial charge in [0.1, 0.15) is 17.7 Å². The Labute approximate surface area is 194 Å². The van der Waals surface area contributed by atoms with E-state index in [4.69, 9.17) is 11.6 Å². The molecule has 0 bridgehead atoms. The van der Waals surface area contributed by atoms with E-state index in [9.17, 15) is 13.2 Å². The Morgan fingerprint density at radius 1 is 1.09 bits per heavy atom. The summed E-state index contributed by atoms with van der Waals surface area (Å²) >= 11 is 6.21. The third-order valence-electron chi connectivity index (χ3n) is 6.51. The van der Waals surface area contributed by atoms with Crippen LogP contribution in [0.25, 0.3) is 5.69 Å². The molecule has 1 aromatic carbocycles. The molecule has 11 heteroatoms. The number of nitrogens with zero attached hydrogens (tertiary/aromatic N) is 7. The first kappa shape index (κ1) is 22.1. The molecule has 0 spiro atoms. The summed E-state index contributed by atoms with van der Waals surface area (Å²) < 4.78 is 42.6. The van der Waals surface area contributed by atoms with Crippen molar-refractivity contribution < 1.29 is 13.2 Å². The maximum atomic E-state index is 13.5. The van der Waals surface area contributed by atoms with Gasteiger partial charge >= 0.3 is 6.18 Å². The number of piperidine rings is 1. The summed E-state index contributed by atoms with van der Waals surface area (Å²) in [5.41, 5.74) is 1.53. The quantitative estimate of drug-likeness (QED) is 0.558. The number of hydrogen-bond donors (Lipinski definition) is 0. The van der Waals surface area contributed by atoms with Crippen LogP contribution in [0.5, 0.6) is 0 Å². The third-order valence-corrected chi connectivity index (χ3v) is 6.75.